The Balaban J connectivity index is 1.75. The van der Waals surface area contributed by atoms with Crippen molar-refractivity contribution in [2.45, 2.75) is 31.8 Å². The van der Waals surface area contributed by atoms with Gasteiger partial charge in [-0.3, -0.25) is 0 Å². The summed E-state index contributed by atoms with van der Waals surface area (Å²) in [5, 5.41) is 11.1. The third kappa shape index (κ3) is 2.88. The number of benzene rings is 1. The van der Waals surface area contributed by atoms with Gasteiger partial charge in [0, 0.05) is 31.1 Å². The monoisotopic (exact) mass is 282 g/mol. The van der Waals surface area contributed by atoms with Gasteiger partial charge in [-0.25, -0.2) is 0 Å². The maximum absolute atomic E-state index is 10.4. The molecule has 0 saturated carbocycles. The average molecular weight is 283 g/mol. The van der Waals surface area contributed by atoms with Gasteiger partial charge in [0.15, 0.2) is 0 Å². The van der Waals surface area contributed by atoms with Crippen LogP contribution in [0.1, 0.15) is 24.0 Å². The third-order valence-corrected chi connectivity index (χ3v) is 4.28. The van der Waals surface area contributed by atoms with E-state index in [1.165, 1.54) is 5.56 Å². The number of hydrogen-bond acceptors (Lipinski definition) is 3. The second-order valence-electron chi connectivity index (χ2n) is 5.37. The van der Waals surface area contributed by atoms with Crippen LogP contribution in [0.5, 0.6) is 5.75 Å². The fourth-order valence-corrected chi connectivity index (χ4v) is 3.25. The molecule has 3 rings (SSSR count). The lowest BCUT2D eigenvalue weighted by molar-refractivity contribution is 0.00822. The van der Waals surface area contributed by atoms with Gasteiger partial charge >= 0.3 is 0 Å². The number of ether oxygens (including phenoxy) is 2. The minimum Gasteiger partial charge on any atom is -0.493 e. The minimum absolute atomic E-state index is 0.324. The molecule has 0 bridgehead atoms. The molecule has 1 N–H and O–H groups in total. The van der Waals surface area contributed by atoms with E-state index in [1.54, 1.807) is 0 Å². The van der Waals surface area contributed by atoms with Crippen molar-refractivity contribution in [1.82, 2.24) is 0 Å². The first kappa shape index (κ1) is 13.2. The summed E-state index contributed by atoms with van der Waals surface area (Å²) < 4.78 is 11.0. The van der Waals surface area contributed by atoms with E-state index in [1.807, 2.05) is 12.1 Å². The van der Waals surface area contributed by atoms with Crippen LogP contribution in [0, 0.1) is 5.92 Å². The standard InChI is InChI=1S/C15H19ClO3/c16-13-7-11-3-6-19-15(11)12(8-13)9-14(17)10-1-4-18-5-2-10/h7-8,10,14,17H,1-6,9H2. The van der Waals surface area contributed by atoms with E-state index in [2.05, 4.69) is 0 Å². The SMILES string of the molecule is OC(Cc1cc(Cl)cc2c1OCC2)C1CCOCC1. The highest BCUT2D eigenvalue weighted by Gasteiger charge is 2.25. The quantitative estimate of drug-likeness (QED) is 0.926. The molecule has 1 unspecified atom stereocenters. The molecule has 1 aromatic carbocycles. The van der Waals surface area contributed by atoms with Crippen molar-refractivity contribution >= 4 is 11.6 Å². The molecule has 0 amide bonds. The average Bonchev–Trinajstić information content (AvgIpc) is 2.88. The van der Waals surface area contributed by atoms with Gasteiger partial charge in [0.05, 0.1) is 12.7 Å². The Morgan fingerprint density at radius 3 is 2.84 bits per heavy atom. The summed E-state index contributed by atoms with van der Waals surface area (Å²) in [7, 11) is 0. The second kappa shape index (κ2) is 5.70. The lowest BCUT2D eigenvalue weighted by Gasteiger charge is -2.27. The number of hydrogen-bond donors (Lipinski definition) is 1. The summed E-state index contributed by atoms with van der Waals surface area (Å²) in [5.74, 6) is 1.26. The van der Waals surface area contributed by atoms with Crippen LogP contribution in [-0.4, -0.2) is 31.0 Å². The number of aliphatic hydroxyl groups is 1. The molecule has 0 aliphatic carbocycles. The van der Waals surface area contributed by atoms with E-state index >= 15 is 0 Å². The first-order chi connectivity index (χ1) is 9.24. The molecule has 0 spiro atoms. The number of fused-ring (bicyclic) bond motifs is 1. The maximum Gasteiger partial charge on any atom is 0.126 e. The first-order valence-electron chi connectivity index (χ1n) is 6.94. The summed E-state index contributed by atoms with van der Waals surface area (Å²) in [4.78, 5) is 0. The third-order valence-electron chi connectivity index (χ3n) is 4.06. The van der Waals surface area contributed by atoms with Crippen LogP contribution in [0.25, 0.3) is 0 Å². The van der Waals surface area contributed by atoms with E-state index in [0.717, 1.165) is 55.4 Å². The Labute approximate surface area is 118 Å². The maximum atomic E-state index is 10.4. The van der Waals surface area contributed by atoms with Gasteiger partial charge in [0.25, 0.3) is 0 Å². The van der Waals surface area contributed by atoms with Gasteiger partial charge in [0.1, 0.15) is 5.75 Å². The van der Waals surface area contributed by atoms with Crippen molar-refractivity contribution < 1.29 is 14.6 Å². The van der Waals surface area contributed by atoms with Crippen LogP contribution >= 0.6 is 11.6 Å². The molecule has 0 radical (unpaired) electrons. The smallest absolute Gasteiger partial charge is 0.126 e. The van der Waals surface area contributed by atoms with E-state index in [9.17, 15) is 5.11 Å². The Morgan fingerprint density at radius 2 is 2.05 bits per heavy atom. The molecule has 4 heteroatoms. The van der Waals surface area contributed by atoms with Gasteiger partial charge in [-0.1, -0.05) is 11.6 Å². The molecule has 1 fully saturated rings. The predicted molar refractivity (Wildman–Crippen MR) is 73.9 cm³/mol. The van der Waals surface area contributed by atoms with Crippen LogP contribution in [0.4, 0.5) is 0 Å². The van der Waals surface area contributed by atoms with Crippen molar-refractivity contribution in [2.24, 2.45) is 5.92 Å². The molecular formula is C15H19ClO3. The highest BCUT2D eigenvalue weighted by Crippen LogP contribution is 2.34. The molecule has 1 saturated heterocycles. The topological polar surface area (TPSA) is 38.7 Å². The molecule has 1 aromatic rings. The number of aliphatic hydroxyl groups excluding tert-OH is 1. The highest BCUT2D eigenvalue weighted by atomic mass is 35.5. The fourth-order valence-electron chi connectivity index (χ4n) is 2.99. The Morgan fingerprint density at radius 1 is 1.26 bits per heavy atom. The normalized spacial score (nSPS) is 20.9. The van der Waals surface area contributed by atoms with E-state index in [4.69, 9.17) is 21.1 Å². The summed E-state index contributed by atoms with van der Waals surface area (Å²) in [6, 6.07) is 3.89. The zero-order chi connectivity index (χ0) is 13.2. The molecule has 2 heterocycles. The Bertz CT molecular complexity index is 455. The number of rotatable bonds is 3. The molecule has 1 atom stereocenters. The van der Waals surface area contributed by atoms with Gasteiger partial charge in [-0.15, -0.1) is 0 Å². The molecule has 104 valence electrons. The molecule has 2 aliphatic heterocycles. The van der Waals surface area contributed by atoms with Crippen LogP contribution in [0.15, 0.2) is 12.1 Å². The summed E-state index contributed by atoms with van der Waals surface area (Å²) in [6.45, 7) is 2.23. The summed E-state index contributed by atoms with van der Waals surface area (Å²) in [6.07, 6.45) is 3.06. The Hall–Kier alpha value is -0.770. The van der Waals surface area contributed by atoms with Crippen LogP contribution < -0.4 is 4.74 Å². The highest BCUT2D eigenvalue weighted by molar-refractivity contribution is 6.30. The predicted octanol–water partition coefficient (Wildman–Crippen LogP) is 2.60. The first-order valence-corrected chi connectivity index (χ1v) is 7.32. The van der Waals surface area contributed by atoms with Crippen LogP contribution in [0.3, 0.4) is 0 Å². The van der Waals surface area contributed by atoms with Crippen LogP contribution in [-0.2, 0) is 17.6 Å². The second-order valence-corrected chi connectivity index (χ2v) is 5.81. The molecule has 19 heavy (non-hydrogen) atoms. The summed E-state index contributed by atoms with van der Waals surface area (Å²) in [5.41, 5.74) is 2.21. The zero-order valence-electron chi connectivity index (χ0n) is 10.9. The van der Waals surface area contributed by atoms with E-state index in [-0.39, 0.29) is 6.10 Å². The Kier molecular flexibility index (Phi) is 3.96. The van der Waals surface area contributed by atoms with Crippen molar-refractivity contribution in [3.05, 3.63) is 28.3 Å². The van der Waals surface area contributed by atoms with Crippen molar-refractivity contribution in [1.29, 1.82) is 0 Å². The van der Waals surface area contributed by atoms with Crippen molar-refractivity contribution in [2.75, 3.05) is 19.8 Å². The summed E-state index contributed by atoms with van der Waals surface area (Å²) >= 11 is 6.14. The van der Waals surface area contributed by atoms with Crippen molar-refractivity contribution in [3.8, 4) is 5.75 Å². The number of halogens is 1. The lowest BCUT2D eigenvalue weighted by Crippen LogP contribution is -2.29. The fraction of sp³-hybridized carbons (Fsp3) is 0.600. The lowest BCUT2D eigenvalue weighted by atomic mass is 9.89. The molecule has 3 nitrogen and oxygen atoms in total. The zero-order valence-corrected chi connectivity index (χ0v) is 11.7. The van der Waals surface area contributed by atoms with Gasteiger partial charge in [-0.2, -0.15) is 0 Å². The van der Waals surface area contributed by atoms with E-state index in [0.29, 0.717) is 12.3 Å². The molecular weight excluding hydrogens is 264 g/mol. The molecule has 0 aromatic heterocycles. The largest absolute Gasteiger partial charge is 0.493 e. The minimum atomic E-state index is -0.337. The van der Waals surface area contributed by atoms with Gasteiger partial charge < -0.3 is 14.6 Å². The van der Waals surface area contributed by atoms with Crippen LogP contribution in [0.2, 0.25) is 5.02 Å². The van der Waals surface area contributed by atoms with Crippen molar-refractivity contribution in [3.63, 3.8) is 0 Å². The van der Waals surface area contributed by atoms with Gasteiger partial charge in [0.2, 0.25) is 0 Å². The van der Waals surface area contributed by atoms with Gasteiger partial charge in [-0.05, 0) is 42.0 Å². The molecule has 2 aliphatic rings. The van der Waals surface area contributed by atoms with E-state index < -0.39 is 0 Å².